The highest BCUT2D eigenvalue weighted by molar-refractivity contribution is 5.79. The van der Waals surface area contributed by atoms with Gasteiger partial charge in [-0.15, -0.1) is 0 Å². The Morgan fingerprint density at radius 1 is 1.19 bits per heavy atom. The molecule has 0 saturated heterocycles. The summed E-state index contributed by atoms with van der Waals surface area (Å²) in [6, 6.07) is 8.93. The fraction of sp³-hybridized carbons (Fsp3) is 0.500. The Balaban J connectivity index is 2.44. The molecular weight excluding hydrogens is 268 g/mol. The quantitative estimate of drug-likeness (QED) is 0.715. The lowest BCUT2D eigenvalue weighted by molar-refractivity contribution is -0.138. The molecule has 0 aliphatic rings. The first-order valence-electron chi connectivity index (χ1n) is 7.09. The molecule has 3 N–H and O–H groups in total. The molecule has 0 bridgehead atoms. The maximum atomic E-state index is 11.7. The summed E-state index contributed by atoms with van der Waals surface area (Å²) < 4.78 is 0. The van der Waals surface area contributed by atoms with E-state index in [0.717, 1.165) is 0 Å². The van der Waals surface area contributed by atoms with E-state index in [2.05, 4.69) is 10.6 Å². The molecule has 21 heavy (non-hydrogen) atoms. The number of nitrogens with one attached hydrogen (secondary N) is 2. The van der Waals surface area contributed by atoms with E-state index in [4.69, 9.17) is 0 Å². The fourth-order valence-electron chi connectivity index (χ4n) is 1.89. The van der Waals surface area contributed by atoms with Crippen LogP contribution in [0.3, 0.4) is 0 Å². The van der Waals surface area contributed by atoms with Gasteiger partial charge in [0.2, 0.25) is 5.91 Å². The maximum absolute atomic E-state index is 11.7. The lowest BCUT2D eigenvalue weighted by atomic mass is 9.99. The summed E-state index contributed by atoms with van der Waals surface area (Å²) in [6.45, 7) is 6.76. The average molecular weight is 292 g/mol. The van der Waals surface area contributed by atoms with E-state index in [1.165, 1.54) is 0 Å². The molecule has 0 fully saturated rings. The zero-order chi connectivity index (χ0) is 15.9. The van der Waals surface area contributed by atoms with Crippen LogP contribution in [0.2, 0.25) is 0 Å². The summed E-state index contributed by atoms with van der Waals surface area (Å²) in [4.78, 5) is 23.0. The third-order valence-corrected chi connectivity index (χ3v) is 3.01. The minimum Gasteiger partial charge on any atom is -0.481 e. The van der Waals surface area contributed by atoms with Gasteiger partial charge in [0.25, 0.3) is 0 Å². The molecule has 1 aromatic rings. The number of amides is 1. The van der Waals surface area contributed by atoms with Crippen molar-refractivity contribution in [2.75, 3.05) is 13.1 Å². The number of hydrogen-bond acceptors (Lipinski definition) is 3. The maximum Gasteiger partial charge on any atom is 0.312 e. The van der Waals surface area contributed by atoms with Crippen LogP contribution >= 0.6 is 0 Å². The highest BCUT2D eigenvalue weighted by atomic mass is 16.4. The van der Waals surface area contributed by atoms with Crippen molar-refractivity contribution in [1.82, 2.24) is 10.6 Å². The van der Waals surface area contributed by atoms with Gasteiger partial charge in [0, 0.05) is 25.0 Å². The number of carboxylic acids is 1. The Morgan fingerprint density at radius 2 is 1.81 bits per heavy atom. The first-order chi connectivity index (χ1) is 9.79. The highest BCUT2D eigenvalue weighted by Crippen LogP contribution is 2.14. The molecule has 1 atom stereocenters. The Bertz CT molecular complexity index is 466. The van der Waals surface area contributed by atoms with Crippen LogP contribution in [0.25, 0.3) is 0 Å². The third kappa shape index (κ3) is 6.90. The first kappa shape index (κ1) is 17.2. The largest absolute Gasteiger partial charge is 0.481 e. The van der Waals surface area contributed by atoms with E-state index in [-0.39, 0.29) is 18.0 Å². The topological polar surface area (TPSA) is 78.4 Å². The smallest absolute Gasteiger partial charge is 0.312 e. The molecule has 1 amide bonds. The minimum atomic E-state index is -0.936. The molecule has 5 heteroatoms. The minimum absolute atomic E-state index is 0.0338. The van der Waals surface area contributed by atoms with Crippen molar-refractivity contribution in [3.63, 3.8) is 0 Å². The summed E-state index contributed by atoms with van der Waals surface area (Å²) in [6.07, 6.45) is 0.332. The van der Waals surface area contributed by atoms with Gasteiger partial charge in [0.05, 0.1) is 5.92 Å². The molecule has 0 aromatic heterocycles. The normalized spacial score (nSPS) is 12.7. The van der Waals surface area contributed by atoms with Crippen molar-refractivity contribution in [2.24, 2.45) is 0 Å². The van der Waals surface area contributed by atoms with Crippen LogP contribution < -0.4 is 10.6 Å². The molecule has 0 aliphatic carbocycles. The molecular formula is C16H24N2O3. The number of hydrogen-bond donors (Lipinski definition) is 3. The van der Waals surface area contributed by atoms with Gasteiger partial charge in [-0.05, 0) is 26.3 Å². The zero-order valence-corrected chi connectivity index (χ0v) is 12.8. The standard InChI is InChI=1S/C16H24N2O3/c1-16(2,3)18-10-9-14(19)17-11-13(15(20)21)12-7-5-4-6-8-12/h4-8,13,18H,9-11H2,1-3H3,(H,17,19)(H,20,21). The molecule has 116 valence electrons. The van der Waals surface area contributed by atoms with E-state index in [1.54, 1.807) is 24.3 Å². The van der Waals surface area contributed by atoms with E-state index >= 15 is 0 Å². The number of benzene rings is 1. The van der Waals surface area contributed by atoms with E-state index in [9.17, 15) is 14.7 Å². The van der Waals surface area contributed by atoms with Crippen molar-refractivity contribution in [3.8, 4) is 0 Å². The number of carbonyl (C=O) groups is 2. The summed E-state index contributed by atoms with van der Waals surface area (Å²) in [5.41, 5.74) is 0.659. The van der Waals surface area contributed by atoms with E-state index in [1.807, 2.05) is 26.8 Å². The van der Waals surface area contributed by atoms with Crippen LogP contribution in [-0.4, -0.2) is 35.6 Å². The lowest BCUT2D eigenvalue weighted by Crippen LogP contribution is -2.39. The van der Waals surface area contributed by atoms with Gasteiger partial charge < -0.3 is 15.7 Å². The summed E-state index contributed by atoms with van der Waals surface area (Å²) in [7, 11) is 0. The van der Waals surface area contributed by atoms with Crippen LogP contribution in [-0.2, 0) is 9.59 Å². The number of carboxylic acid groups (broad SMARTS) is 1. The van der Waals surface area contributed by atoms with Gasteiger partial charge in [-0.1, -0.05) is 30.3 Å². The van der Waals surface area contributed by atoms with Crippen LogP contribution in [0.4, 0.5) is 0 Å². The van der Waals surface area contributed by atoms with Gasteiger partial charge in [0.15, 0.2) is 0 Å². The van der Waals surface area contributed by atoms with Crippen LogP contribution in [0.15, 0.2) is 30.3 Å². The summed E-state index contributed by atoms with van der Waals surface area (Å²) in [5, 5.41) is 15.2. The zero-order valence-electron chi connectivity index (χ0n) is 12.8. The molecule has 5 nitrogen and oxygen atoms in total. The molecule has 1 unspecified atom stereocenters. The monoisotopic (exact) mass is 292 g/mol. The second-order valence-electron chi connectivity index (χ2n) is 6.03. The lowest BCUT2D eigenvalue weighted by Gasteiger charge is -2.20. The molecule has 0 spiro atoms. The van der Waals surface area contributed by atoms with Crippen LogP contribution in [0.1, 0.15) is 38.7 Å². The second-order valence-corrected chi connectivity index (χ2v) is 6.03. The Morgan fingerprint density at radius 3 is 2.33 bits per heavy atom. The van der Waals surface area contributed by atoms with Crippen molar-refractivity contribution >= 4 is 11.9 Å². The van der Waals surface area contributed by atoms with Gasteiger partial charge in [-0.2, -0.15) is 0 Å². The Kier molecular flexibility index (Phi) is 6.37. The molecule has 0 heterocycles. The fourth-order valence-corrected chi connectivity index (χ4v) is 1.89. The number of carbonyl (C=O) groups excluding carboxylic acids is 1. The van der Waals surface area contributed by atoms with Crippen molar-refractivity contribution in [3.05, 3.63) is 35.9 Å². The van der Waals surface area contributed by atoms with Gasteiger partial charge >= 0.3 is 5.97 Å². The van der Waals surface area contributed by atoms with E-state index in [0.29, 0.717) is 18.5 Å². The Hall–Kier alpha value is -1.88. The number of aliphatic carboxylic acids is 1. The summed E-state index contributed by atoms with van der Waals surface area (Å²) in [5.74, 6) is -1.80. The second kappa shape index (κ2) is 7.78. The van der Waals surface area contributed by atoms with Crippen molar-refractivity contribution < 1.29 is 14.7 Å². The predicted molar refractivity (Wildman–Crippen MR) is 82.2 cm³/mol. The number of rotatable bonds is 7. The predicted octanol–water partition coefficient (Wildman–Crippen LogP) is 1.75. The van der Waals surface area contributed by atoms with Crippen LogP contribution in [0, 0.1) is 0 Å². The van der Waals surface area contributed by atoms with E-state index < -0.39 is 11.9 Å². The van der Waals surface area contributed by atoms with Gasteiger partial charge in [-0.3, -0.25) is 9.59 Å². The first-order valence-corrected chi connectivity index (χ1v) is 7.09. The average Bonchev–Trinajstić information content (AvgIpc) is 2.38. The highest BCUT2D eigenvalue weighted by Gasteiger charge is 2.20. The van der Waals surface area contributed by atoms with Gasteiger partial charge in [0.1, 0.15) is 0 Å². The SMILES string of the molecule is CC(C)(C)NCCC(=O)NCC(C(=O)O)c1ccccc1. The molecule has 0 radical (unpaired) electrons. The molecule has 1 aromatic carbocycles. The molecule has 0 saturated carbocycles. The molecule has 0 aliphatic heterocycles. The van der Waals surface area contributed by atoms with Crippen molar-refractivity contribution in [2.45, 2.75) is 38.6 Å². The Labute approximate surface area is 125 Å². The third-order valence-electron chi connectivity index (χ3n) is 3.01. The van der Waals surface area contributed by atoms with Crippen molar-refractivity contribution in [1.29, 1.82) is 0 Å². The van der Waals surface area contributed by atoms with Crippen LogP contribution in [0.5, 0.6) is 0 Å². The molecule has 1 rings (SSSR count). The van der Waals surface area contributed by atoms with Gasteiger partial charge in [-0.25, -0.2) is 0 Å². The summed E-state index contributed by atoms with van der Waals surface area (Å²) >= 11 is 0.